The molecule has 6 nitrogen and oxygen atoms in total. The number of esters is 3. The summed E-state index contributed by atoms with van der Waals surface area (Å²) in [5.74, 6) is -0.874. The third kappa shape index (κ3) is 60.1. The molecule has 0 heterocycles. The first-order valence-electron chi connectivity index (χ1n) is 32.1. The molecule has 6 heteroatoms. The smallest absolute Gasteiger partial charge is 0.306 e. The van der Waals surface area contributed by atoms with Gasteiger partial charge in [0, 0.05) is 19.3 Å². The fraction of sp³-hybridized carbons (Fsp3) is 0.836. The summed E-state index contributed by atoms with van der Waals surface area (Å²) in [6.07, 6.45) is 76.9. The van der Waals surface area contributed by atoms with Crippen LogP contribution in [-0.4, -0.2) is 37.2 Å². The highest BCUT2D eigenvalue weighted by molar-refractivity contribution is 5.71. The predicted octanol–water partition coefficient (Wildman–Crippen LogP) is 21.8. The molecule has 0 aliphatic rings. The quantitative estimate of drug-likeness (QED) is 0.0261. The second-order valence-electron chi connectivity index (χ2n) is 21.7. The van der Waals surface area contributed by atoms with E-state index in [9.17, 15) is 14.4 Å². The van der Waals surface area contributed by atoms with Gasteiger partial charge in [0.15, 0.2) is 6.10 Å². The van der Waals surface area contributed by atoms with Crippen LogP contribution >= 0.6 is 0 Å². The summed E-state index contributed by atoms with van der Waals surface area (Å²) >= 11 is 0. The number of hydrogen-bond acceptors (Lipinski definition) is 6. The molecule has 1 atom stereocenters. The van der Waals surface area contributed by atoms with E-state index in [1.807, 2.05) is 0 Å². The minimum atomic E-state index is -0.779. The number of rotatable bonds is 59. The van der Waals surface area contributed by atoms with Crippen LogP contribution in [0.4, 0.5) is 0 Å². The topological polar surface area (TPSA) is 78.9 Å². The van der Waals surface area contributed by atoms with Gasteiger partial charge < -0.3 is 14.2 Å². The van der Waals surface area contributed by atoms with Gasteiger partial charge in [0.2, 0.25) is 0 Å². The molecule has 0 aromatic heterocycles. The molecular weight excluding hydrogens is 901 g/mol. The van der Waals surface area contributed by atoms with Crippen molar-refractivity contribution >= 4 is 17.9 Å². The number of ether oxygens (including phenoxy) is 3. The summed E-state index contributed by atoms with van der Waals surface area (Å²) in [5, 5.41) is 0. The third-order valence-corrected chi connectivity index (χ3v) is 14.3. The Bertz CT molecular complexity index is 1270. The van der Waals surface area contributed by atoms with Crippen molar-refractivity contribution in [1.82, 2.24) is 0 Å². The SMILES string of the molecule is CCC/C=C\C/C=C\CCCCCCCC(=O)OCC(COC(=O)CCCCCCCCCCC/C=C\C/C=C\CCCCCCC)OC(=O)CCCCCCCCCCCCCCCCCCCCCCC. The Labute approximate surface area is 454 Å². The van der Waals surface area contributed by atoms with Gasteiger partial charge in [0.25, 0.3) is 0 Å². The number of allylic oxidation sites excluding steroid dienone is 8. The van der Waals surface area contributed by atoms with E-state index < -0.39 is 6.10 Å². The van der Waals surface area contributed by atoms with Crippen LogP contribution < -0.4 is 0 Å². The van der Waals surface area contributed by atoms with Crippen LogP contribution in [-0.2, 0) is 28.6 Å². The standard InChI is InChI=1S/C67H122O6/c1-4-7-10-13-16-19-22-25-27-29-31-33-35-37-39-42-45-48-51-54-57-60-66(69)72-63-64(62-71-65(68)59-56-53-50-47-44-41-24-21-18-15-12-9-6-3)73-67(70)61-58-55-52-49-46-43-40-38-36-34-32-30-28-26-23-20-17-14-11-8-5-2/h12,15,21-22,24-25,29,31,64H,4-11,13-14,16-20,23,26-28,30,32-63H2,1-3H3/b15-12-,24-21-,25-22-,31-29-. The van der Waals surface area contributed by atoms with E-state index in [-0.39, 0.29) is 31.1 Å². The van der Waals surface area contributed by atoms with Crippen LogP contribution in [0.2, 0.25) is 0 Å². The first kappa shape index (κ1) is 70.4. The molecule has 0 aliphatic heterocycles. The van der Waals surface area contributed by atoms with Crippen LogP contribution in [0.25, 0.3) is 0 Å². The Balaban J connectivity index is 4.30. The molecule has 1 unspecified atom stereocenters. The molecule has 0 aromatic carbocycles. The Kier molecular flexibility index (Phi) is 59.7. The van der Waals surface area contributed by atoms with Gasteiger partial charge in [-0.2, -0.15) is 0 Å². The maximum absolute atomic E-state index is 12.9. The molecule has 0 bridgehead atoms. The molecule has 0 amide bonds. The lowest BCUT2D eigenvalue weighted by atomic mass is 10.0. The number of carbonyl (C=O) groups excluding carboxylic acids is 3. The lowest BCUT2D eigenvalue weighted by Gasteiger charge is -2.18. The van der Waals surface area contributed by atoms with Crippen molar-refractivity contribution in [2.24, 2.45) is 0 Å². The predicted molar refractivity (Wildman–Crippen MR) is 316 cm³/mol. The lowest BCUT2D eigenvalue weighted by Crippen LogP contribution is -2.30. The molecule has 0 fully saturated rings. The molecule has 0 saturated heterocycles. The van der Waals surface area contributed by atoms with Gasteiger partial charge in [-0.25, -0.2) is 0 Å². The van der Waals surface area contributed by atoms with Gasteiger partial charge >= 0.3 is 17.9 Å². The zero-order valence-electron chi connectivity index (χ0n) is 48.9. The maximum atomic E-state index is 12.9. The summed E-state index contributed by atoms with van der Waals surface area (Å²) in [7, 11) is 0. The fourth-order valence-corrected chi connectivity index (χ4v) is 9.46. The molecule has 0 spiro atoms. The zero-order chi connectivity index (χ0) is 52.9. The molecule has 73 heavy (non-hydrogen) atoms. The molecule has 0 aromatic rings. The molecule has 0 saturated carbocycles. The van der Waals surface area contributed by atoms with Crippen molar-refractivity contribution < 1.29 is 28.6 Å². The van der Waals surface area contributed by atoms with Gasteiger partial charge in [0.05, 0.1) is 0 Å². The average molecular weight is 1020 g/mol. The van der Waals surface area contributed by atoms with E-state index in [1.165, 1.54) is 212 Å². The first-order chi connectivity index (χ1) is 36.0. The van der Waals surface area contributed by atoms with Gasteiger partial charge in [-0.1, -0.05) is 294 Å². The third-order valence-electron chi connectivity index (χ3n) is 14.3. The van der Waals surface area contributed by atoms with Crippen molar-refractivity contribution in [3.8, 4) is 0 Å². The summed E-state index contributed by atoms with van der Waals surface area (Å²) in [6.45, 7) is 6.60. The van der Waals surface area contributed by atoms with Crippen molar-refractivity contribution in [2.75, 3.05) is 13.2 Å². The Morgan fingerprint density at radius 3 is 0.808 bits per heavy atom. The number of carbonyl (C=O) groups is 3. The van der Waals surface area contributed by atoms with E-state index in [4.69, 9.17) is 14.2 Å². The normalized spacial score (nSPS) is 12.3. The molecule has 0 N–H and O–H groups in total. The minimum absolute atomic E-state index is 0.0767. The van der Waals surface area contributed by atoms with Gasteiger partial charge in [-0.3, -0.25) is 14.4 Å². The van der Waals surface area contributed by atoms with E-state index in [0.29, 0.717) is 19.3 Å². The summed E-state index contributed by atoms with van der Waals surface area (Å²) < 4.78 is 16.9. The van der Waals surface area contributed by atoms with Crippen LogP contribution in [0.5, 0.6) is 0 Å². The van der Waals surface area contributed by atoms with Crippen LogP contribution in [0.1, 0.15) is 342 Å². The van der Waals surface area contributed by atoms with Crippen molar-refractivity contribution in [1.29, 1.82) is 0 Å². The second kappa shape index (κ2) is 61.9. The second-order valence-corrected chi connectivity index (χ2v) is 21.7. The first-order valence-corrected chi connectivity index (χ1v) is 32.1. The number of unbranched alkanes of at least 4 members (excludes halogenated alkanes) is 40. The highest BCUT2D eigenvalue weighted by Crippen LogP contribution is 2.17. The average Bonchev–Trinajstić information content (AvgIpc) is 3.39. The Hall–Kier alpha value is -2.63. The molecular formula is C67H122O6. The monoisotopic (exact) mass is 1020 g/mol. The van der Waals surface area contributed by atoms with E-state index >= 15 is 0 Å². The highest BCUT2D eigenvalue weighted by Gasteiger charge is 2.19. The molecule has 426 valence electrons. The van der Waals surface area contributed by atoms with Crippen LogP contribution in [0.3, 0.4) is 0 Å². The highest BCUT2D eigenvalue weighted by atomic mass is 16.6. The summed E-state index contributed by atoms with van der Waals surface area (Å²) in [5.41, 5.74) is 0. The van der Waals surface area contributed by atoms with Crippen LogP contribution in [0.15, 0.2) is 48.6 Å². The summed E-state index contributed by atoms with van der Waals surface area (Å²) in [4.78, 5) is 38.3. The minimum Gasteiger partial charge on any atom is -0.462 e. The molecule has 0 rings (SSSR count). The largest absolute Gasteiger partial charge is 0.462 e. The van der Waals surface area contributed by atoms with E-state index in [1.54, 1.807) is 0 Å². The fourth-order valence-electron chi connectivity index (χ4n) is 9.46. The van der Waals surface area contributed by atoms with Crippen molar-refractivity contribution in [3.05, 3.63) is 48.6 Å². The van der Waals surface area contributed by atoms with Gasteiger partial charge in [-0.05, 0) is 77.0 Å². The Morgan fingerprint density at radius 2 is 0.521 bits per heavy atom. The summed E-state index contributed by atoms with van der Waals surface area (Å²) in [6, 6.07) is 0. The van der Waals surface area contributed by atoms with E-state index in [2.05, 4.69) is 69.4 Å². The van der Waals surface area contributed by atoms with Crippen molar-refractivity contribution in [2.45, 2.75) is 348 Å². The van der Waals surface area contributed by atoms with Gasteiger partial charge in [0.1, 0.15) is 13.2 Å². The van der Waals surface area contributed by atoms with Crippen molar-refractivity contribution in [3.63, 3.8) is 0 Å². The number of hydrogen-bond donors (Lipinski definition) is 0. The van der Waals surface area contributed by atoms with Crippen LogP contribution in [0, 0.1) is 0 Å². The maximum Gasteiger partial charge on any atom is 0.306 e. The molecule has 0 aliphatic carbocycles. The van der Waals surface area contributed by atoms with Gasteiger partial charge in [-0.15, -0.1) is 0 Å². The van der Waals surface area contributed by atoms with E-state index in [0.717, 1.165) is 89.9 Å². The Morgan fingerprint density at radius 1 is 0.274 bits per heavy atom. The lowest BCUT2D eigenvalue weighted by molar-refractivity contribution is -0.167. The zero-order valence-corrected chi connectivity index (χ0v) is 48.9. The molecule has 0 radical (unpaired) electrons.